The lowest BCUT2D eigenvalue weighted by molar-refractivity contribution is -0.130. The number of carbonyl (C=O) groups is 1. The molecule has 2 aliphatic rings. The molecule has 0 saturated carbocycles. The van der Waals surface area contributed by atoms with Gasteiger partial charge in [-0.15, -0.1) is 0 Å². The average Bonchev–Trinajstić information content (AvgIpc) is 3.20. The van der Waals surface area contributed by atoms with Crippen LogP contribution in [0.15, 0.2) is 48.8 Å². The minimum Gasteiger partial charge on any atom is -0.492 e. The molecule has 7 nitrogen and oxygen atoms in total. The molecule has 1 amide bonds. The number of nitrogens with one attached hydrogen (secondary N) is 1. The van der Waals surface area contributed by atoms with E-state index in [0.717, 1.165) is 45.7 Å². The van der Waals surface area contributed by atoms with Crippen molar-refractivity contribution in [3.8, 4) is 5.75 Å². The third-order valence-corrected chi connectivity index (χ3v) is 6.42. The van der Waals surface area contributed by atoms with Crippen molar-refractivity contribution in [3.63, 3.8) is 0 Å². The Morgan fingerprint density at radius 1 is 1.12 bits per heavy atom. The SMILES string of the molecule is O=C1CC[C@H](CCNCCOc2ccc(F)cc2)N1C[C@@H](c1ccncc1)N1CCOCC1. The van der Waals surface area contributed by atoms with Crippen molar-refractivity contribution in [2.75, 3.05) is 52.5 Å². The van der Waals surface area contributed by atoms with E-state index in [1.807, 2.05) is 12.4 Å². The Labute approximate surface area is 194 Å². The summed E-state index contributed by atoms with van der Waals surface area (Å²) in [5.74, 6) is 0.638. The number of carbonyl (C=O) groups excluding carboxylic acids is 1. The van der Waals surface area contributed by atoms with Gasteiger partial charge in [0.25, 0.3) is 0 Å². The second kappa shape index (κ2) is 12.1. The van der Waals surface area contributed by atoms with Crippen molar-refractivity contribution in [1.29, 1.82) is 0 Å². The molecule has 1 N–H and O–H groups in total. The topological polar surface area (TPSA) is 66.9 Å². The van der Waals surface area contributed by atoms with E-state index in [1.54, 1.807) is 12.1 Å². The molecule has 0 radical (unpaired) electrons. The smallest absolute Gasteiger partial charge is 0.222 e. The van der Waals surface area contributed by atoms with Gasteiger partial charge >= 0.3 is 0 Å². The number of morpholine rings is 1. The first-order valence-electron chi connectivity index (χ1n) is 11.8. The molecule has 2 fully saturated rings. The first-order chi connectivity index (χ1) is 16.2. The molecule has 0 aliphatic carbocycles. The fourth-order valence-corrected chi connectivity index (χ4v) is 4.60. The summed E-state index contributed by atoms with van der Waals surface area (Å²) in [6, 6.07) is 10.6. The Balaban J connectivity index is 1.27. The van der Waals surface area contributed by atoms with Crippen LogP contribution in [0, 0.1) is 5.82 Å². The van der Waals surface area contributed by atoms with Crippen LogP contribution in [0.4, 0.5) is 4.39 Å². The minimum atomic E-state index is -0.268. The highest BCUT2D eigenvalue weighted by molar-refractivity contribution is 5.78. The second-order valence-corrected chi connectivity index (χ2v) is 8.52. The zero-order valence-electron chi connectivity index (χ0n) is 19.0. The van der Waals surface area contributed by atoms with Gasteiger partial charge in [0.2, 0.25) is 5.91 Å². The van der Waals surface area contributed by atoms with E-state index in [1.165, 1.54) is 17.7 Å². The first kappa shape index (κ1) is 23.6. The maximum atomic E-state index is 13.0. The third kappa shape index (κ3) is 6.72. The lowest BCUT2D eigenvalue weighted by atomic mass is 10.0. The zero-order valence-corrected chi connectivity index (χ0v) is 19.0. The largest absolute Gasteiger partial charge is 0.492 e. The summed E-state index contributed by atoms with van der Waals surface area (Å²) in [5, 5.41) is 3.41. The number of aromatic nitrogens is 1. The van der Waals surface area contributed by atoms with E-state index in [-0.39, 0.29) is 23.8 Å². The van der Waals surface area contributed by atoms with Crippen molar-refractivity contribution in [1.82, 2.24) is 20.1 Å². The molecule has 2 aromatic rings. The number of amides is 1. The number of hydrogen-bond acceptors (Lipinski definition) is 6. The van der Waals surface area contributed by atoms with Crippen molar-refractivity contribution in [2.45, 2.75) is 31.3 Å². The number of pyridine rings is 1. The molecule has 0 spiro atoms. The number of halogens is 1. The van der Waals surface area contributed by atoms with Gasteiger partial charge in [0.15, 0.2) is 0 Å². The molecule has 1 aromatic heterocycles. The highest BCUT2D eigenvalue weighted by atomic mass is 19.1. The maximum Gasteiger partial charge on any atom is 0.222 e. The zero-order chi connectivity index (χ0) is 22.9. The first-order valence-corrected chi connectivity index (χ1v) is 11.8. The molecule has 2 saturated heterocycles. The molecule has 4 rings (SSSR count). The standard InChI is InChI=1S/C25H33FN4O3/c26-21-1-4-23(5-2-21)33-16-13-28-12-9-22-3-6-25(31)30(22)19-24(20-7-10-27-11-8-20)29-14-17-32-18-15-29/h1-2,4-5,7-8,10-11,22,24,28H,3,6,9,12-19H2/t22-,24+/m1/s1. The van der Waals surface area contributed by atoms with Gasteiger partial charge in [-0.2, -0.15) is 0 Å². The van der Waals surface area contributed by atoms with E-state index in [0.29, 0.717) is 31.9 Å². The fourth-order valence-electron chi connectivity index (χ4n) is 4.60. The normalized spacial score (nSPS) is 20.2. The number of rotatable bonds is 11. The minimum absolute atomic E-state index is 0.151. The summed E-state index contributed by atoms with van der Waals surface area (Å²) in [5.41, 5.74) is 1.20. The predicted octanol–water partition coefficient (Wildman–Crippen LogP) is 2.64. The van der Waals surface area contributed by atoms with Crippen molar-refractivity contribution < 1.29 is 18.7 Å². The van der Waals surface area contributed by atoms with Gasteiger partial charge in [-0.05, 0) is 61.3 Å². The van der Waals surface area contributed by atoms with Crippen molar-refractivity contribution in [3.05, 3.63) is 60.2 Å². The highest BCUT2D eigenvalue weighted by Gasteiger charge is 2.34. The average molecular weight is 457 g/mol. The van der Waals surface area contributed by atoms with Crippen LogP contribution in [-0.2, 0) is 9.53 Å². The Hall–Kier alpha value is -2.55. The number of benzene rings is 1. The Bertz CT molecular complexity index is 862. The number of likely N-dealkylation sites (tertiary alicyclic amines) is 1. The molecular weight excluding hydrogens is 423 g/mol. The Kier molecular flexibility index (Phi) is 8.63. The molecule has 1 aromatic carbocycles. The molecule has 2 aliphatic heterocycles. The van der Waals surface area contributed by atoms with Gasteiger partial charge in [0, 0.05) is 51.0 Å². The van der Waals surface area contributed by atoms with Crippen LogP contribution in [0.3, 0.4) is 0 Å². The summed E-state index contributed by atoms with van der Waals surface area (Å²) >= 11 is 0. The summed E-state index contributed by atoms with van der Waals surface area (Å²) in [6.45, 7) is 5.92. The van der Waals surface area contributed by atoms with Crippen LogP contribution in [0.5, 0.6) is 5.75 Å². The third-order valence-electron chi connectivity index (χ3n) is 6.42. The van der Waals surface area contributed by atoms with Crippen LogP contribution in [0.2, 0.25) is 0 Å². The van der Waals surface area contributed by atoms with E-state index in [9.17, 15) is 9.18 Å². The van der Waals surface area contributed by atoms with Crippen LogP contribution in [0.25, 0.3) is 0 Å². The lowest BCUT2D eigenvalue weighted by Crippen LogP contribution is -2.46. The molecule has 2 atom stereocenters. The molecule has 3 heterocycles. The maximum absolute atomic E-state index is 13.0. The van der Waals surface area contributed by atoms with Gasteiger partial charge < -0.3 is 19.7 Å². The lowest BCUT2D eigenvalue weighted by Gasteiger charge is -2.38. The van der Waals surface area contributed by atoms with Crippen LogP contribution in [0.1, 0.15) is 30.9 Å². The van der Waals surface area contributed by atoms with Crippen molar-refractivity contribution in [2.24, 2.45) is 0 Å². The van der Waals surface area contributed by atoms with Gasteiger partial charge in [0.05, 0.1) is 19.3 Å². The molecule has 178 valence electrons. The predicted molar refractivity (Wildman–Crippen MR) is 123 cm³/mol. The highest BCUT2D eigenvalue weighted by Crippen LogP contribution is 2.28. The molecule has 0 unspecified atom stereocenters. The summed E-state index contributed by atoms with van der Waals surface area (Å²) in [4.78, 5) is 21.4. The summed E-state index contributed by atoms with van der Waals surface area (Å²) in [6.07, 6.45) is 6.08. The van der Waals surface area contributed by atoms with E-state index >= 15 is 0 Å². The number of ether oxygens (including phenoxy) is 2. The van der Waals surface area contributed by atoms with Gasteiger partial charge in [-0.1, -0.05) is 0 Å². The van der Waals surface area contributed by atoms with Gasteiger partial charge in [-0.3, -0.25) is 14.7 Å². The van der Waals surface area contributed by atoms with E-state index in [4.69, 9.17) is 9.47 Å². The Morgan fingerprint density at radius 2 is 1.88 bits per heavy atom. The number of hydrogen-bond donors (Lipinski definition) is 1. The van der Waals surface area contributed by atoms with E-state index in [2.05, 4.69) is 32.2 Å². The molecule has 8 heteroatoms. The van der Waals surface area contributed by atoms with Crippen LogP contribution in [-0.4, -0.2) is 79.3 Å². The Morgan fingerprint density at radius 3 is 2.64 bits per heavy atom. The van der Waals surface area contributed by atoms with Gasteiger partial charge in [0.1, 0.15) is 18.2 Å². The summed E-state index contributed by atoms with van der Waals surface area (Å²) < 4.78 is 24.1. The fraction of sp³-hybridized carbons (Fsp3) is 0.520. The molecule has 0 bridgehead atoms. The molecule has 33 heavy (non-hydrogen) atoms. The molecular formula is C25H33FN4O3. The van der Waals surface area contributed by atoms with Crippen LogP contribution < -0.4 is 10.1 Å². The quantitative estimate of drug-likeness (QED) is 0.525. The van der Waals surface area contributed by atoms with E-state index < -0.39 is 0 Å². The summed E-state index contributed by atoms with van der Waals surface area (Å²) in [7, 11) is 0. The number of nitrogens with zero attached hydrogens (tertiary/aromatic N) is 3. The monoisotopic (exact) mass is 456 g/mol. The second-order valence-electron chi connectivity index (χ2n) is 8.52. The van der Waals surface area contributed by atoms with Crippen LogP contribution >= 0.6 is 0 Å². The van der Waals surface area contributed by atoms with Crippen molar-refractivity contribution >= 4 is 5.91 Å². The van der Waals surface area contributed by atoms with Gasteiger partial charge in [-0.25, -0.2) is 4.39 Å².